The highest BCUT2D eigenvalue weighted by atomic mass is 127. The van der Waals surface area contributed by atoms with Crippen molar-refractivity contribution in [2.75, 3.05) is 59.5 Å². The molecule has 0 saturated carbocycles. The second kappa shape index (κ2) is 12.8. The molecule has 0 aliphatic carbocycles. The molecule has 27 heavy (non-hydrogen) atoms. The number of hydrogen-bond acceptors (Lipinski definition) is 6. The minimum atomic E-state index is 0. The Bertz CT molecular complexity index is 587. The molecule has 1 fully saturated rings. The molecule has 0 atom stereocenters. The quantitative estimate of drug-likeness (QED) is 0.213. The van der Waals surface area contributed by atoms with E-state index in [0.717, 1.165) is 44.5 Å². The minimum Gasteiger partial charge on any atom is -0.383 e. The van der Waals surface area contributed by atoms with Gasteiger partial charge < -0.3 is 20.3 Å². The lowest BCUT2D eigenvalue weighted by atomic mass is 10.3. The molecule has 1 amide bonds. The summed E-state index contributed by atoms with van der Waals surface area (Å²) in [5.41, 5.74) is 0. The summed E-state index contributed by atoms with van der Waals surface area (Å²) in [6, 6.07) is 0. The van der Waals surface area contributed by atoms with Crippen LogP contribution in [0.25, 0.3) is 0 Å². The van der Waals surface area contributed by atoms with Gasteiger partial charge in [0.15, 0.2) is 5.96 Å². The Labute approximate surface area is 177 Å². The number of aliphatic imine (C=N–C) groups is 1. The number of rotatable bonds is 8. The molecule has 1 saturated heterocycles. The molecule has 10 nitrogen and oxygen atoms in total. The predicted molar refractivity (Wildman–Crippen MR) is 114 cm³/mol. The summed E-state index contributed by atoms with van der Waals surface area (Å²) in [6.45, 7) is 8.16. The third-order valence-electron chi connectivity index (χ3n) is 4.18. The summed E-state index contributed by atoms with van der Waals surface area (Å²) < 4.78 is 6.67. The largest absolute Gasteiger partial charge is 0.383 e. The van der Waals surface area contributed by atoms with Crippen LogP contribution in [-0.2, 0) is 23.1 Å². The Morgan fingerprint density at radius 3 is 2.63 bits per heavy atom. The highest BCUT2D eigenvalue weighted by molar-refractivity contribution is 14.0. The average molecular weight is 494 g/mol. The van der Waals surface area contributed by atoms with Crippen LogP contribution >= 0.6 is 24.0 Å². The van der Waals surface area contributed by atoms with E-state index in [2.05, 4.69) is 42.4 Å². The lowest BCUT2D eigenvalue weighted by Gasteiger charge is -2.36. The number of carbonyl (C=O) groups is 1. The topological polar surface area (TPSA) is 99.9 Å². The van der Waals surface area contributed by atoms with Gasteiger partial charge in [-0.3, -0.25) is 14.4 Å². The van der Waals surface area contributed by atoms with Gasteiger partial charge in [0.05, 0.1) is 13.2 Å². The number of guanidine groups is 1. The van der Waals surface area contributed by atoms with E-state index in [1.807, 2.05) is 7.05 Å². The third-order valence-corrected chi connectivity index (χ3v) is 4.18. The van der Waals surface area contributed by atoms with Gasteiger partial charge in [-0.1, -0.05) is 0 Å². The Kier molecular flexibility index (Phi) is 11.2. The van der Waals surface area contributed by atoms with Crippen LogP contribution in [0.5, 0.6) is 0 Å². The lowest BCUT2D eigenvalue weighted by molar-refractivity contribution is -0.122. The van der Waals surface area contributed by atoms with Crippen LogP contribution in [0.4, 0.5) is 0 Å². The van der Waals surface area contributed by atoms with E-state index in [1.54, 1.807) is 11.8 Å². The Morgan fingerprint density at radius 2 is 2.04 bits per heavy atom. The Balaban J connectivity index is 0.00000364. The molecule has 11 heteroatoms. The molecular weight excluding hydrogens is 463 g/mol. The van der Waals surface area contributed by atoms with Gasteiger partial charge >= 0.3 is 0 Å². The molecule has 1 aromatic rings. The number of ether oxygens (including phenoxy) is 1. The first-order chi connectivity index (χ1) is 12.6. The van der Waals surface area contributed by atoms with E-state index in [1.165, 1.54) is 6.33 Å². The van der Waals surface area contributed by atoms with Crippen LogP contribution in [0, 0.1) is 0 Å². The molecule has 0 spiro atoms. The smallest absolute Gasteiger partial charge is 0.234 e. The van der Waals surface area contributed by atoms with Crippen LogP contribution < -0.4 is 10.6 Å². The molecule has 0 unspecified atom stereocenters. The number of carbonyl (C=O) groups excluding carboxylic acids is 1. The van der Waals surface area contributed by atoms with Crippen LogP contribution in [0.3, 0.4) is 0 Å². The van der Waals surface area contributed by atoms with Crippen LogP contribution in [0.1, 0.15) is 12.7 Å². The number of nitrogens with one attached hydrogen (secondary N) is 2. The van der Waals surface area contributed by atoms with Gasteiger partial charge in [-0.05, 0) is 6.92 Å². The normalized spacial score (nSPS) is 15.4. The zero-order valence-corrected chi connectivity index (χ0v) is 18.7. The summed E-state index contributed by atoms with van der Waals surface area (Å²) >= 11 is 0. The summed E-state index contributed by atoms with van der Waals surface area (Å²) in [7, 11) is 3.49. The lowest BCUT2D eigenvalue weighted by Crippen LogP contribution is -2.54. The van der Waals surface area contributed by atoms with Crippen molar-refractivity contribution in [3.63, 3.8) is 0 Å². The molecule has 2 rings (SSSR count). The third kappa shape index (κ3) is 7.97. The first-order valence-electron chi connectivity index (χ1n) is 8.98. The maximum atomic E-state index is 11.9. The van der Waals surface area contributed by atoms with Gasteiger partial charge in [0.2, 0.25) is 5.91 Å². The van der Waals surface area contributed by atoms with E-state index in [-0.39, 0.29) is 29.9 Å². The number of methoxy groups -OCH3 is 1. The van der Waals surface area contributed by atoms with Gasteiger partial charge in [-0.25, -0.2) is 9.98 Å². The van der Waals surface area contributed by atoms with Crippen LogP contribution in [-0.4, -0.2) is 96.0 Å². The van der Waals surface area contributed by atoms with Crippen molar-refractivity contribution in [3.05, 3.63) is 12.2 Å². The molecule has 2 N–H and O–H groups in total. The number of nitrogens with zero attached hydrogens (tertiary/aromatic N) is 6. The minimum absolute atomic E-state index is 0. The molecule has 0 radical (unpaired) electrons. The maximum absolute atomic E-state index is 11.9. The molecule has 0 bridgehead atoms. The van der Waals surface area contributed by atoms with E-state index in [9.17, 15) is 4.79 Å². The number of halogens is 1. The molecular formula is C16H31IN8O2. The summed E-state index contributed by atoms with van der Waals surface area (Å²) in [6.07, 6.45) is 1.54. The van der Waals surface area contributed by atoms with Gasteiger partial charge in [0, 0.05) is 53.4 Å². The summed E-state index contributed by atoms with van der Waals surface area (Å²) in [5.74, 6) is 1.74. The molecule has 0 aromatic carbocycles. The van der Waals surface area contributed by atoms with E-state index in [0.29, 0.717) is 26.2 Å². The number of hydrogen-bond donors (Lipinski definition) is 2. The maximum Gasteiger partial charge on any atom is 0.234 e. The zero-order valence-electron chi connectivity index (χ0n) is 16.3. The van der Waals surface area contributed by atoms with Crippen molar-refractivity contribution in [1.82, 2.24) is 35.2 Å². The molecule has 2 heterocycles. The van der Waals surface area contributed by atoms with Gasteiger partial charge in [0.1, 0.15) is 18.7 Å². The van der Waals surface area contributed by atoms with Gasteiger partial charge in [-0.2, -0.15) is 5.10 Å². The summed E-state index contributed by atoms with van der Waals surface area (Å²) in [5, 5.41) is 10.3. The Morgan fingerprint density at radius 1 is 1.30 bits per heavy atom. The van der Waals surface area contributed by atoms with Crippen LogP contribution in [0.15, 0.2) is 11.3 Å². The molecule has 1 aliphatic heterocycles. The molecule has 1 aliphatic rings. The van der Waals surface area contributed by atoms with Crippen molar-refractivity contribution < 1.29 is 9.53 Å². The fourth-order valence-electron chi connectivity index (χ4n) is 2.70. The number of amides is 1. The average Bonchev–Trinajstić information content (AvgIpc) is 3.04. The zero-order chi connectivity index (χ0) is 18.8. The second-order valence-corrected chi connectivity index (χ2v) is 6.08. The fourth-order valence-corrected chi connectivity index (χ4v) is 2.70. The number of aryl methyl sites for hydroxylation is 1. The van der Waals surface area contributed by atoms with Crippen molar-refractivity contribution in [2.45, 2.75) is 13.5 Å². The highest BCUT2D eigenvalue weighted by Crippen LogP contribution is 2.03. The monoisotopic (exact) mass is 494 g/mol. The van der Waals surface area contributed by atoms with Crippen LogP contribution in [0.2, 0.25) is 0 Å². The van der Waals surface area contributed by atoms with Crippen molar-refractivity contribution in [1.29, 1.82) is 0 Å². The summed E-state index contributed by atoms with van der Waals surface area (Å²) in [4.78, 5) is 25.2. The van der Waals surface area contributed by atoms with E-state index >= 15 is 0 Å². The highest BCUT2D eigenvalue weighted by Gasteiger charge is 2.21. The standard InChI is InChI=1S/C16H30N8O2.HI/c1-4-17-16(19-11-14-20-13-21-22(14)2)24-8-6-23(7-9-24)12-15(25)18-5-10-26-3;/h13H,4-12H2,1-3H3,(H,17,19)(H,18,25);1H. The van der Waals surface area contributed by atoms with E-state index < -0.39 is 0 Å². The van der Waals surface area contributed by atoms with E-state index in [4.69, 9.17) is 4.74 Å². The first kappa shape index (κ1) is 23.6. The van der Waals surface area contributed by atoms with Gasteiger partial charge in [-0.15, -0.1) is 24.0 Å². The van der Waals surface area contributed by atoms with Gasteiger partial charge in [0.25, 0.3) is 0 Å². The number of aromatic nitrogens is 3. The molecule has 154 valence electrons. The number of piperazine rings is 1. The predicted octanol–water partition coefficient (Wildman–Crippen LogP) is -0.721. The van der Waals surface area contributed by atoms with Crippen molar-refractivity contribution in [3.8, 4) is 0 Å². The molecule has 1 aromatic heterocycles. The SMILES string of the molecule is CCNC(=NCc1ncnn1C)N1CCN(CC(=O)NCCOC)CC1.I. The fraction of sp³-hybridized carbons (Fsp3) is 0.750. The second-order valence-electron chi connectivity index (χ2n) is 6.08. The van der Waals surface area contributed by atoms with Crippen molar-refractivity contribution in [2.24, 2.45) is 12.0 Å². The first-order valence-corrected chi connectivity index (χ1v) is 8.98. The van der Waals surface area contributed by atoms with Crippen molar-refractivity contribution >= 4 is 35.8 Å². The Hall–Kier alpha value is -1.47.